The molecule has 0 unspecified atom stereocenters. The highest BCUT2D eigenvalue weighted by Crippen LogP contribution is 2.33. The quantitative estimate of drug-likeness (QED) is 0.416. The molecule has 0 radical (unpaired) electrons. The van der Waals surface area contributed by atoms with Gasteiger partial charge in [0.1, 0.15) is 17.7 Å². The zero-order chi connectivity index (χ0) is 27.0. The van der Waals surface area contributed by atoms with Crippen LogP contribution in [0.25, 0.3) is 10.9 Å². The number of Topliss-reactive ketones (excluding diaryl/α,β-unsaturated/α-hetero) is 1. The monoisotopic (exact) mass is 521 g/mol. The van der Waals surface area contributed by atoms with Crippen molar-refractivity contribution in [3.05, 3.63) is 65.4 Å². The van der Waals surface area contributed by atoms with Crippen LogP contribution in [-0.4, -0.2) is 47.9 Å². The van der Waals surface area contributed by atoms with Crippen molar-refractivity contribution in [3.8, 4) is 6.07 Å². The van der Waals surface area contributed by atoms with Gasteiger partial charge in [-0.3, -0.25) is 4.79 Å². The van der Waals surface area contributed by atoms with E-state index in [4.69, 9.17) is 10.00 Å². The van der Waals surface area contributed by atoms with Gasteiger partial charge in [0.15, 0.2) is 5.78 Å². The summed E-state index contributed by atoms with van der Waals surface area (Å²) in [6, 6.07) is 15.3. The van der Waals surface area contributed by atoms with E-state index in [1.165, 1.54) is 12.1 Å². The first kappa shape index (κ1) is 26.4. The lowest BCUT2D eigenvalue weighted by Gasteiger charge is -2.33. The van der Waals surface area contributed by atoms with Gasteiger partial charge in [-0.2, -0.15) is 5.26 Å². The first-order chi connectivity index (χ1) is 17.4. The molecule has 0 saturated carbocycles. The van der Waals surface area contributed by atoms with Gasteiger partial charge in [0.2, 0.25) is 0 Å². The lowest BCUT2D eigenvalue weighted by atomic mass is 9.89. The summed E-state index contributed by atoms with van der Waals surface area (Å²) in [5, 5.41) is 9.70. The number of amides is 1. The van der Waals surface area contributed by atoms with Gasteiger partial charge in [0, 0.05) is 18.5 Å². The first-order valence-electron chi connectivity index (χ1n) is 12.3. The molecule has 1 fully saturated rings. The summed E-state index contributed by atoms with van der Waals surface area (Å²) in [4.78, 5) is 27.0. The summed E-state index contributed by atoms with van der Waals surface area (Å²) in [5.74, 6) is -0.375. The van der Waals surface area contributed by atoms with Crippen molar-refractivity contribution in [2.24, 2.45) is 0 Å². The number of nitriles is 1. The fraction of sp³-hybridized carbons (Fsp3) is 0.393. The molecule has 1 aromatic heterocycles. The Morgan fingerprint density at radius 1 is 1.05 bits per heavy atom. The topological polar surface area (TPSA) is 109 Å². The van der Waals surface area contributed by atoms with Crippen LogP contribution in [0.2, 0.25) is 0 Å². The molecular weight excluding hydrogens is 490 g/mol. The Morgan fingerprint density at radius 3 is 2.30 bits per heavy atom. The van der Waals surface area contributed by atoms with Crippen LogP contribution in [0.4, 0.5) is 4.79 Å². The number of likely N-dealkylation sites (tertiary alicyclic amines) is 1. The number of benzene rings is 2. The predicted molar refractivity (Wildman–Crippen MR) is 140 cm³/mol. The average molecular weight is 522 g/mol. The second kappa shape index (κ2) is 10.0. The fourth-order valence-electron chi connectivity index (χ4n) is 4.62. The maximum atomic E-state index is 13.6. The van der Waals surface area contributed by atoms with Crippen LogP contribution in [0, 0.1) is 18.3 Å². The number of nitrogens with zero attached hydrogens (tertiary/aromatic N) is 3. The molecule has 1 aliphatic heterocycles. The molecule has 0 N–H and O–H groups in total. The molecule has 3 aromatic rings. The average Bonchev–Trinajstić information content (AvgIpc) is 3.23. The predicted octanol–water partition coefficient (Wildman–Crippen LogP) is 5.40. The second-order valence-electron chi connectivity index (χ2n) is 10.4. The number of carbonyl (C=O) groups excluding carboxylic acids is 2. The van der Waals surface area contributed by atoms with E-state index in [0.29, 0.717) is 24.0 Å². The van der Waals surface area contributed by atoms with Crippen LogP contribution in [0.15, 0.2) is 53.4 Å². The maximum Gasteiger partial charge on any atom is 0.410 e. The molecule has 0 aliphatic carbocycles. The Bertz CT molecular complexity index is 1480. The van der Waals surface area contributed by atoms with Crippen molar-refractivity contribution in [2.75, 3.05) is 13.1 Å². The minimum Gasteiger partial charge on any atom is -0.444 e. The van der Waals surface area contributed by atoms with Crippen molar-refractivity contribution >= 4 is 32.8 Å². The van der Waals surface area contributed by atoms with E-state index in [9.17, 15) is 18.0 Å². The number of carbonyl (C=O) groups is 2. The summed E-state index contributed by atoms with van der Waals surface area (Å²) in [5.41, 5.74) is 1.73. The molecule has 1 amide bonds. The third-order valence-corrected chi connectivity index (χ3v) is 8.23. The molecule has 8 nitrogen and oxygen atoms in total. The van der Waals surface area contributed by atoms with Gasteiger partial charge in [-0.1, -0.05) is 23.8 Å². The van der Waals surface area contributed by atoms with Gasteiger partial charge in [-0.05, 0) is 82.3 Å². The van der Waals surface area contributed by atoms with Gasteiger partial charge >= 0.3 is 6.09 Å². The minimum atomic E-state index is -4.07. The molecule has 2 aromatic carbocycles. The normalized spacial score (nSPS) is 14.9. The minimum absolute atomic E-state index is 0.0333. The molecule has 4 rings (SSSR count). The van der Waals surface area contributed by atoms with E-state index in [2.05, 4.69) is 0 Å². The Balaban J connectivity index is 1.67. The molecule has 9 heteroatoms. The molecule has 194 valence electrons. The molecule has 0 bridgehead atoms. The Kier molecular flexibility index (Phi) is 7.16. The lowest BCUT2D eigenvalue weighted by molar-refractivity contribution is 0.0204. The third kappa shape index (κ3) is 5.54. The van der Waals surface area contributed by atoms with Crippen LogP contribution >= 0.6 is 0 Å². The van der Waals surface area contributed by atoms with Crippen molar-refractivity contribution in [2.45, 2.75) is 63.4 Å². The molecule has 1 aliphatic rings. The van der Waals surface area contributed by atoms with Crippen molar-refractivity contribution < 1.29 is 22.7 Å². The molecule has 37 heavy (non-hydrogen) atoms. The number of hydrogen-bond donors (Lipinski definition) is 0. The highest BCUT2D eigenvalue weighted by Gasteiger charge is 2.29. The van der Waals surface area contributed by atoms with E-state index < -0.39 is 27.8 Å². The molecule has 1 saturated heterocycles. The van der Waals surface area contributed by atoms with Gasteiger partial charge in [-0.15, -0.1) is 0 Å². The van der Waals surface area contributed by atoms with Gasteiger partial charge in [0.25, 0.3) is 10.0 Å². The van der Waals surface area contributed by atoms with Crippen molar-refractivity contribution in [3.63, 3.8) is 0 Å². The number of rotatable bonds is 5. The SMILES string of the molecule is Cc1ccc(S(=O)(=O)n2c(C(=O)CC#N)cc3cc(C4CCN(C(=O)OC(C)(C)C)CC4)ccc32)cc1. The first-order valence-corrected chi connectivity index (χ1v) is 13.7. The molecular formula is C28H31N3O5S. The van der Waals surface area contributed by atoms with E-state index in [1.807, 2.05) is 45.9 Å². The smallest absolute Gasteiger partial charge is 0.410 e. The van der Waals surface area contributed by atoms with Crippen LogP contribution in [0.3, 0.4) is 0 Å². The van der Waals surface area contributed by atoms with Crippen molar-refractivity contribution in [1.29, 1.82) is 5.26 Å². The summed E-state index contributed by atoms with van der Waals surface area (Å²) < 4.78 is 33.8. The lowest BCUT2D eigenvalue weighted by Crippen LogP contribution is -2.41. The Hall–Kier alpha value is -3.64. The van der Waals surface area contributed by atoms with Crippen molar-refractivity contribution in [1.82, 2.24) is 8.87 Å². The summed E-state index contributed by atoms with van der Waals surface area (Å²) in [6.07, 6.45) is 0.747. The number of ketones is 1. The summed E-state index contributed by atoms with van der Waals surface area (Å²) in [7, 11) is -4.07. The van der Waals surface area contributed by atoms with Crippen LogP contribution in [-0.2, 0) is 14.8 Å². The van der Waals surface area contributed by atoms with E-state index >= 15 is 0 Å². The highest BCUT2D eigenvalue weighted by molar-refractivity contribution is 7.90. The Labute approximate surface area is 217 Å². The zero-order valence-electron chi connectivity index (χ0n) is 21.5. The number of piperidine rings is 1. The van der Waals surface area contributed by atoms with Crippen LogP contribution < -0.4 is 0 Å². The van der Waals surface area contributed by atoms with E-state index in [-0.39, 0.29) is 22.6 Å². The Morgan fingerprint density at radius 2 is 1.70 bits per heavy atom. The molecule has 2 heterocycles. The number of hydrogen-bond acceptors (Lipinski definition) is 6. The number of aromatic nitrogens is 1. The number of ether oxygens (including phenoxy) is 1. The summed E-state index contributed by atoms with van der Waals surface area (Å²) >= 11 is 0. The number of aryl methyl sites for hydroxylation is 1. The summed E-state index contributed by atoms with van der Waals surface area (Å²) in [6.45, 7) is 8.51. The maximum absolute atomic E-state index is 13.6. The van der Waals surface area contributed by atoms with Gasteiger partial charge < -0.3 is 9.64 Å². The van der Waals surface area contributed by atoms with Crippen LogP contribution in [0.1, 0.15) is 67.6 Å². The van der Waals surface area contributed by atoms with Crippen LogP contribution in [0.5, 0.6) is 0 Å². The largest absolute Gasteiger partial charge is 0.444 e. The third-order valence-electron chi connectivity index (χ3n) is 6.48. The van der Waals surface area contributed by atoms with E-state index in [1.54, 1.807) is 29.2 Å². The van der Waals surface area contributed by atoms with E-state index in [0.717, 1.165) is 27.9 Å². The highest BCUT2D eigenvalue weighted by atomic mass is 32.2. The zero-order valence-corrected chi connectivity index (χ0v) is 22.3. The standard InChI is InChI=1S/C28H31N3O5S/c1-19-5-8-23(9-6-19)37(34,35)31-24-10-7-21(17-22(24)18-25(31)26(32)11-14-29)20-12-15-30(16-13-20)27(33)36-28(2,3)4/h5-10,17-18,20H,11-13,15-16H2,1-4H3. The molecule has 0 spiro atoms. The second-order valence-corrected chi connectivity index (χ2v) is 12.2. The van der Waals surface area contributed by atoms with Gasteiger partial charge in [-0.25, -0.2) is 17.2 Å². The number of fused-ring (bicyclic) bond motifs is 1. The molecule has 0 atom stereocenters. The van der Waals surface area contributed by atoms with Gasteiger partial charge in [0.05, 0.1) is 16.5 Å². The fourth-order valence-corrected chi connectivity index (χ4v) is 6.15.